The summed E-state index contributed by atoms with van der Waals surface area (Å²) in [6.07, 6.45) is 8.44. The first-order chi connectivity index (χ1) is 11.5. The van der Waals surface area contributed by atoms with Gasteiger partial charge in [0, 0.05) is 19.1 Å². The zero-order valence-corrected chi connectivity index (χ0v) is 16.0. The number of hydrogen-bond acceptors (Lipinski definition) is 6. The zero-order chi connectivity index (χ0) is 17.4. The van der Waals surface area contributed by atoms with E-state index in [2.05, 4.69) is 20.2 Å². The van der Waals surface area contributed by atoms with Gasteiger partial charge in [-0.25, -0.2) is 17.9 Å². The van der Waals surface area contributed by atoms with Crippen LogP contribution in [-0.4, -0.2) is 50.3 Å². The number of hydrogen-bond donors (Lipinski definition) is 3. The summed E-state index contributed by atoms with van der Waals surface area (Å²) in [5.74, 6) is -0.705. The van der Waals surface area contributed by atoms with Crippen LogP contribution in [0.15, 0.2) is 11.2 Å². The lowest BCUT2D eigenvalue weighted by molar-refractivity contribution is 0.0522. The van der Waals surface area contributed by atoms with E-state index in [1.165, 1.54) is 25.7 Å². The van der Waals surface area contributed by atoms with Crippen molar-refractivity contribution in [3.05, 3.63) is 11.8 Å². The molecule has 10 heteroatoms. The third kappa shape index (κ3) is 6.58. The second-order valence-corrected chi connectivity index (χ2v) is 7.58. The van der Waals surface area contributed by atoms with Crippen molar-refractivity contribution in [3.63, 3.8) is 0 Å². The summed E-state index contributed by atoms with van der Waals surface area (Å²) in [5, 5.41) is 9.14. The van der Waals surface area contributed by atoms with E-state index in [9.17, 15) is 13.2 Å². The molecule has 0 spiro atoms. The van der Waals surface area contributed by atoms with Gasteiger partial charge in [-0.15, -0.1) is 12.4 Å². The molecule has 0 bridgehead atoms. The molecule has 2 rings (SSSR count). The SMILES string of the molecule is CCOC(=O)c1cn[nH]c1S(=O)(=O)NCCNC1CCCCCC1.Cl. The number of sulfonamides is 1. The first-order valence-electron chi connectivity index (χ1n) is 8.48. The second-order valence-electron chi connectivity index (χ2n) is 5.87. The molecule has 0 aromatic carbocycles. The average molecular weight is 395 g/mol. The number of nitrogens with zero attached hydrogens (tertiary/aromatic N) is 1. The first kappa shape index (κ1) is 21.9. The Morgan fingerprint density at radius 1 is 1.28 bits per heavy atom. The van der Waals surface area contributed by atoms with Crippen LogP contribution in [0.25, 0.3) is 0 Å². The highest BCUT2D eigenvalue weighted by molar-refractivity contribution is 7.89. The van der Waals surface area contributed by atoms with E-state index in [1.54, 1.807) is 6.92 Å². The number of carbonyl (C=O) groups excluding carboxylic acids is 1. The van der Waals surface area contributed by atoms with E-state index in [4.69, 9.17) is 4.74 Å². The van der Waals surface area contributed by atoms with Crippen LogP contribution in [0.3, 0.4) is 0 Å². The molecule has 144 valence electrons. The van der Waals surface area contributed by atoms with E-state index in [1.807, 2.05) is 0 Å². The second kappa shape index (κ2) is 10.7. The van der Waals surface area contributed by atoms with Crippen molar-refractivity contribution in [2.75, 3.05) is 19.7 Å². The Hall–Kier alpha value is -1.16. The summed E-state index contributed by atoms with van der Waals surface area (Å²) < 4.78 is 31.9. The maximum absolute atomic E-state index is 12.3. The predicted molar refractivity (Wildman–Crippen MR) is 96.5 cm³/mol. The van der Waals surface area contributed by atoms with Gasteiger partial charge in [0.25, 0.3) is 10.0 Å². The Balaban J connectivity index is 0.00000312. The van der Waals surface area contributed by atoms with Crippen molar-refractivity contribution in [1.29, 1.82) is 0 Å². The fraction of sp³-hybridized carbons (Fsp3) is 0.733. The Morgan fingerprint density at radius 3 is 2.60 bits per heavy atom. The van der Waals surface area contributed by atoms with Gasteiger partial charge in [-0.3, -0.25) is 5.10 Å². The number of ether oxygens (including phenoxy) is 1. The number of rotatable bonds is 8. The van der Waals surface area contributed by atoms with Gasteiger partial charge in [0.05, 0.1) is 12.8 Å². The lowest BCUT2D eigenvalue weighted by atomic mass is 10.1. The van der Waals surface area contributed by atoms with Crippen LogP contribution >= 0.6 is 12.4 Å². The summed E-state index contributed by atoms with van der Waals surface area (Å²) in [5.41, 5.74) is -0.0823. The largest absolute Gasteiger partial charge is 0.462 e. The molecule has 8 nitrogen and oxygen atoms in total. The molecule has 0 aliphatic heterocycles. The Morgan fingerprint density at radius 2 is 1.96 bits per heavy atom. The minimum atomic E-state index is -3.83. The molecule has 0 saturated heterocycles. The van der Waals surface area contributed by atoms with Crippen molar-refractivity contribution in [3.8, 4) is 0 Å². The summed E-state index contributed by atoms with van der Waals surface area (Å²) >= 11 is 0. The van der Waals surface area contributed by atoms with Gasteiger partial charge in [-0.2, -0.15) is 5.10 Å². The molecule has 25 heavy (non-hydrogen) atoms. The molecule has 1 saturated carbocycles. The third-order valence-electron chi connectivity index (χ3n) is 4.07. The van der Waals surface area contributed by atoms with Gasteiger partial charge >= 0.3 is 5.97 Å². The third-order valence-corrected chi connectivity index (χ3v) is 5.51. The molecule has 0 radical (unpaired) electrons. The highest BCUT2D eigenvalue weighted by Gasteiger charge is 2.25. The van der Waals surface area contributed by atoms with Gasteiger partial charge < -0.3 is 10.1 Å². The van der Waals surface area contributed by atoms with Crippen molar-refractivity contribution < 1.29 is 17.9 Å². The summed E-state index contributed by atoms with van der Waals surface area (Å²) in [6.45, 7) is 2.62. The van der Waals surface area contributed by atoms with Crippen LogP contribution in [0.4, 0.5) is 0 Å². The van der Waals surface area contributed by atoms with Crippen LogP contribution in [0.2, 0.25) is 0 Å². The minimum Gasteiger partial charge on any atom is -0.462 e. The number of halogens is 1. The van der Waals surface area contributed by atoms with E-state index >= 15 is 0 Å². The fourth-order valence-corrected chi connectivity index (χ4v) is 3.96. The molecule has 0 unspecified atom stereocenters. The molecule has 1 fully saturated rings. The van der Waals surface area contributed by atoms with Crippen LogP contribution in [0.5, 0.6) is 0 Å². The van der Waals surface area contributed by atoms with Crippen molar-refractivity contribution in [2.24, 2.45) is 0 Å². The van der Waals surface area contributed by atoms with E-state index in [0.29, 0.717) is 12.6 Å². The zero-order valence-electron chi connectivity index (χ0n) is 14.4. The molecule has 1 aliphatic rings. The van der Waals surface area contributed by atoms with Crippen LogP contribution in [0, 0.1) is 0 Å². The van der Waals surface area contributed by atoms with Gasteiger partial charge in [0.15, 0.2) is 5.03 Å². The highest BCUT2D eigenvalue weighted by Crippen LogP contribution is 2.17. The van der Waals surface area contributed by atoms with Crippen molar-refractivity contribution in [2.45, 2.75) is 56.5 Å². The van der Waals surface area contributed by atoms with Gasteiger partial charge in [-0.05, 0) is 19.8 Å². The fourth-order valence-electron chi connectivity index (χ4n) is 2.85. The topological polar surface area (TPSA) is 113 Å². The normalized spacial score (nSPS) is 16.0. The number of carbonyl (C=O) groups is 1. The molecular weight excluding hydrogens is 368 g/mol. The average Bonchev–Trinajstić information content (AvgIpc) is 2.91. The van der Waals surface area contributed by atoms with Crippen LogP contribution in [0.1, 0.15) is 55.8 Å². The lowest BCUT2D eigenvalue weighted by Gasteiger charge is -2.16. The summed E-state index contributed by atoms with van der Waals surface area (Å²) in [6, 6.07) is 0.458. The summed E-state index contributed by atoms with van der Waals surface area (Å²) in [4.78, 5) is 11.8. The maximum Gasteiger partial charge on any atom is 0.342 e. The monoisotopic (exact) mass is 394 g/mol. The van der Waals surface area contributed by atoms with E-state index in [-0.39, 0.29) is 36.1 Å². The van der Waals surface area contributed by atoms with Gasteiger partial charge in [-0.1, -0.05) is 25.7 Å². The Bertz CT molecular complexity index is 627. The molecule has 0 atom stereocenters. The quantitative estimate of drug-likeness (QED) is 0.350. The van der Waals surface area contributed by atoms with Crippen LogP contribution < -0.4 is 10.0 Å². The minimum absolute atomic E-state index is 0. The number of aromatic nitrogens is 2. The predicted octanol–water partition coefficient (Wildman–Crippen LogP) is 1.60. The number of H-pyrrole nitrogens is 1. The lowest BCUT2D eigenvalue weighted by Crippen LogP contribution is -2.37. The number of esters is 1. The molecule has 1 aliphatic carbocycles. The van der Waals surface area contributed by atoms with E-state index in [0.717, 1.165) is 19.0 Å². The van der Waals surface area contributed by atoms with E-state index < -0.39 is 16.0 Å². The highest BCUT2D eigenvalue weighted by atomic mass is 35.5. The van der Waals surface area contributed by atoms with Gasteiger partial charge in [0.2, 0.25) is 0 Å². The molecule has 3 N–H and O–H groups in total. The van der Waals surface area contributed by atoms with Crippen LogP contribution in [-0.2, 0) is 14.8 Å². The smallest absolute Gasteiger partial charge is 0.342 e. The Kier molecular flexibility index (Phi) is 9.41. The summed E-state index contributed by atoms with van der Waals surface area (Å²) in [7, 11) is -3.83. The molecule has 1 aromatic heterocycles. The number of aromatic amines is 1. The first-order valence-corrected chi connectivity index (χ1v) is 9.96. The Labute approximate surface area is 154 Å². The van der Waals surface area contributed by atoms with Gasteiger partial charge in [0.1, 0.15) is 5.56 Å². The molecule has 1 heterocycles. The molecular formula is C15H27ClN4O4S. The standard InChI is InChI=1S/C15H26N4O4S.ClH/c1-2-23-15(20)13-11-17-19-14(13)24(21,22)18-10-9-16-12-7-5-3-4-6-8-12;/h11-12,16,18H,2-10H2,1H3,(H,17,19);1H. The van der Waals surface area contributed by atoms with Crippen molar-refractivity contribution >= 4 is 28.4 Å². The van der Waals surface area contributed by atoms with Crippen molar-refractivity contribution in [1.82, 2.24) is 20.2 Å². The number of nitrogens with one attached hydrogen (secondary N) is 3. The molecule has 0 amide bonds. The maximum atomic E-state index is 12.3. The molecule has 1 aromatic rings.